The molecule has 0 fully saturated rings. The topological polar surface area (TPSA) is 9.23 Å². The molecule has 112 valence electrons. The smallest absolute Gasteiger partial charge is 0.129 e. The average Bonchev–Trinajstić information content (AvgIpc) is 2.45. The van der Waals surface area contributed by atoms with Crippen molar-refractivity contribution >= 4 is 27.5 Å². The minimum Gasteiger partial charge on any atom is -0.494 e. The first kappa shape index (κ1) is 16.2. The van der Waals surface area contributed by atoms with Gasteiger partial charge < -0.3 is 4.74 Å². The molecule has 2 rings (SSSR count). The van der Waals surface area contributed by atoms with Crippen LogP contribution in [0.1, 0.15) is 23.4 Å². The van der Waals surface area contributed by atoms with Crippen molar-refractivity contribution in [3.63, 3.8) is 0 Å². The van der Waals surface area contributed by atoms with Crippen LogP contribution < -0.4 is 4.74 Å². The van der Waals surface area contributed by atoms with Crippen LogP contribution in [0.4, 0.5) is 8.78 Å². The average molecular weight is 376 g/mol. The Labute approximate surface area is 136 Å². The van der Waals surface area contributed by atoms with Gasteiger partial charge in [-0.1, -0.05) is 22.0 Å². The number of rotatable bonds is 5. The predicted octanol–water partition coefficient (Wildman–Crippen LogP) is 5.65. The van der Waals surface area contributed by atoms with E-state index in [1.54, 1.807) is 12.1 Å². The summed E-state index contributed by atoms with van der Waals surface area (Å²) in [5, 5.41) is -0.588. The summed E-state index contributed by atoms with van der Waals surface area (Å²) in [5.74, 6) is -0.556. The van der Waals surface area contributed by atoms with Gasteiger partial charge in [0.2, 0.25) is 0 Å². The Hall–Kier alpha value is -1.13. The molecule has 1 unspecified atom stereocenters. The zero-order valence-corrected chi connectivity index (χ0v) is 13.7. The van der Waals surface area contributed by atoms with Crippen LogP contribution in [0.5, 0.6) is 5.75 Å². The number of hydrogen-bond donors (Lipinski definition) is 0. The molecule has 2 aromatic carbocycles. The fourth-order valence-corrected chi connectivity index (χ4v) is 2.77. The molecule has 0 aliphatic rings. The molecule has 21 heavy (non-hydrogen) atoms. The quantitative estimate of drug-likeness (QED) is 0.614. The van der Waals surface area contributed by atoms with E-state index in [1.165, 1.54) is 18.2 Å². The Morgan fingerprint density at radius 2 is 1.86 bits per heavy atom. The lowest BCUT2D eigenvalue weighted by Gasteiger charge is -2.16. The minimum atomic E-state index is -0.589. The summed E-state index contributed by atoms with van der Waals surface area (Å²) in [4.78, 5) is 0. The second kappa shape index (κ2) is 7.23. The largest absolute Gasteiger partial charge is 0.494 e. The van der Waals surface area contributed by atoms with Gasteiger partial charge in [0.25, 0.3) is 0 Å². The van der Waals surface area contributed by atoms with E-state index in [0.717, 1.165) is 4.47 Å². The molecule has 0 aromatic heterocycles. The molecule has 0 saturated heterocycles. The van der Waals surface area contributed by atoms with Crippen LogP contribution >= 0.6 is 27.5 Å². The molecule has 0 aliphatic heterocycles. The maximum absolute atomic E-state index is 13.7. The number of benzene rings is 2. The highest BCUT2D eigenvalue weighted by molar-refractivity contribution is 9.10. The van der Waals surface area contributed by atoms with Crippen LogP contribution in [0.15, 0.2) is 40.9 Å². The second-order valence-electron chi connectivity index (χ2n) is 4.49. The molecule has 0 spiro atoms. The minimum absolute atomic E-state index is 0.0140. The van der Waals surface area contributed by atoms with Crippen molar-refractivity contribution in [1.29, 1.82) is 0 Å². The SMILES string of the molecule is CCOc1ccc(Br)cc1C(Cl)Cc1c(F)cccc1F. The van der Waals surface area contributed by atoms with Crippen molar-refractivity contribution in [2.24, 2.45) is 0 Å². The van der Waals surface area contributed by atoms with Gasteiger partial charge in [0, 0.05) is 15.6 Å². The van der Waals surface area contributed by atoms with Gasteiger partial charge in [-0.2, -0.15) is 0 Å². The number of ether oxygens (including phenoxy) is 1. The molecule has 0 heterocycles. The lowest BCUT2D eigenvalue weighted by Crippen LogP contribution is -2.04. The highest BCUT2D eigenvalue weighted by Crippen LogP contribution is 2.35. The molecule has 1 nitrogen and oxygen atoms in total. The molecule has 1 atom stereocenters. The Morgan fingerprint density at radius 1 is 1.19 bits per heavy atom. The maximum atomic E-state index is 13.7. The van der Waals surface area contributed by atoms with Gasteiger partial charge in [-0.25, -0.2) is 8.78 Å². The van der Waals surface area contributed by atoms with Crippen LogP contribution in [-0.2, 0) is 6.42 Å². The van der Waals surface area contributed by atoms with Crippen LogP contribution in [0.2, 0.25) is 0 Å². The third-order valence-electron chi connectivity index (χ3n) is 3.05. The van der Waals surface area contributed by atoms with E-state index in [2.05, 4.69) is 15.9 Å². The molecule has 0 saturated carbocycles. The Morgan fingerprint density at radius 3 is 2.48 bits per heavy atom. The molecular formula is C16H14BrClF2O. The lowest BCUT2D eigenvalue weighted by molar-refractivity contribution is 0.336. The van der Waals surface area contributed by atoms with E-state index >= 15 is 0 Å². The van der Waals surface area contributed by atoms with Crippen LogP contribution in [0.25, 0.3) is 0 Å². The van der Waals surface area contributed by atoms with Gasteiger partial charge in [0.1, 0.15) is 17.4 Å². The van der Waals surface area contributed by atoms with Gasteiger partial charge in [-0.05, 0) is 43.7 Å². The molecule has 0 N–H and O–H groups in total. The number of halogens is 4. The van der Waals surface area contributed by atoms with E-state index in [0.29, 0.717) is 17.9 Å². The van der Waals surface area contributed by atoms with Crippen molar-refractivity contribution in [3.05, 3.63) is 63.6 Å². The number of hydrogen-bond acceptors (Lipinski definition) is 1. The van der Waals surface area contributed by atoms with Gasteiger partial charge in [-0.3, -0.25) is 0 Å². The zero-order chi connectivity index (χ0) is 15.4. The van der Waals surface area contributed by atoms with Gasteiger partial charge in [-0.15, -0.1) is 11.6 Å². The third kappa shape index (κ3) is 3.95. The van der Waals surface area contributed by atoms with Crippen LogP contribution in [-0.4, -0.2) is 6.61 Å². The Bertz CT molecular complexity index is 613. The summed E-state index contributed by atoms with van der Waals surface area (Å²) in [6.45, 7) is 2.36. The lowest BCUT2D eigenvalue weighted by atomic mass is 10.0. The first-order valence-electron chi connectivity index (χ1n) is 6.52. The van der Waals surface area contributed by atoms with Crippen molar-refractivity contribution in [2.75, 3.05) is 6.61 Å². The maximum Gasteiger partial charge on any atom is 0.129 e. The summed E-state index contributed by atoms with van der Waals surface area (Å²) >= 11 is 9.73. The van der Waals surface area contributed by atoms with E-state index in [-0.39, 0.29) is 12.0 Å². The highest BCUT2D eigenvalue weighted by Gasteiger charge is 2.19. The van der Waals surface area contributed by atoms with E-state index < -0.39 is 17.0 Å². The molecule has 5 heteroatoms. The van der Waals surface area contributed by atoms with Crippen molar-refractivity contribution in [2.45, 2.75) is 18.7 Å². The second-order valence-corrected chi connectivity index (χ2v) is 5.93. The fraction of sp³-hybridized carbons (Fsp3) is 0.250. The number of alkyl halides is 1. The first-order valence-corrected chi connectivity index (χ1v) is 7.75. The third-order valence-corrected chi connectivity index (χ3v) is 3.94. The molecule has 0 radical (unpaired) electrons. The van der Waals surface area contributed by atoms with Crippen molar-refractivity contribution in [3.8, 4) is 5.75 Å². The van der Waals surface area contributed by atoms with Crippen LogP contribution in [0.3, 0.4) is 0 Å². The van der Waals surface area contributed by atoms with Crippen LogP contribution in [0, 0.1) is 11.6 Å². The predicted molar refractivity (Wildman–Crippen MR) is 84.0 cm³/mol. The summed E-state index contributed by atoms with van der Waals surface area (Å²) in [6.07, 6.45) is 0.0522. The van der Waals surface area contributed by atoms with Crippen molar-refractivity contribution < 1.29 is 13.5 Å². The van der Waals surface area contributed by atoms with Gasteiger partial charge in [0.15, 0.2) is 0 Å². The van der Waals surface area contributed by atoms with Gasteiger partial charge in [0.05, 0.1) is 12.0 Å². The van der Waals surface area contributed by atoms with Crippen molar-refractivity contribution in [1.82, 2.24) is 0 Å². The molecule has 0 amide bonds. The van der Waals surface area contributed by atoms with Gasteiger partial charge >= 0.3 is 0 Å². The standard InChI is InChI=1S/C16H14BrClF2O/c1-2-21-16-7-6-10(17)8-11(16)13(18)9-12-14(19)4-3-5-15(12)20/h3-8,13H,2,9H2,1H3. The van der Waals surface area contributed by atoms with E-state index in [1.807, 2.05) is 13.0 Å². The summed E-state index contributed by atoms with van der Waals surface area (Å²) in [7, 11) is 0. The normalized spacial score (nSPS) is 12.2. The highest BCUT2D eigenvalue weighted by atomic mass is 79.9. The fourth-order valence-electron chi connectivity index (χ4n) is 2.07. The molecule has 0 bridgehead atoms. The monoisotopic (exact) mass is 374 g/mol. The molecular weight excluding hydrogens is 362 g/mol. The summed E-state index contributed by atoms with van der Waals surface area (Å²) in [5.41, 5.74) is 0.690. The first-order chi connectivity index (χ1) is 10.0. The molecule has 2 aromatic rings. The Balaban J connectivity index is 2.32. The summed E-state index contributed by atoms with van der Waals surface area (Å²) in [6, 6.07) is 9.22. The van der Waals surface area contributed by atoms with E-state index in [9.17, 15) is 8.78 Å². The van der Waals surface area contributed by atoms with E-state index in [4.69, 9.17) is 16.3 Å². The zero-order valence-electron chi connectivity index (χ0n) is 11.4. The molecule has 0 aliphatic carbocycles. The summed E-state index contributed by atoms with van der Waals surface area (Å²) < 4.78 is 33.8. The Kier molecular flexibility index (Phi) is 5.59.